The molecule has 0 radical (unpaired) electrons. The Morgan fingerprint density at radius 1 is 1.09 bits per heavy atom. The summed E-state index contributed by atoms with van der Waals surface area (Å²) >= 11 is 0. The van der Waals surface area contributed by atoms with Crippen molar-refractivity contribution in [2.75, 3.05) is 0 Å². The summed E-state index contributed by atoms with van der Waals surface area (Å²) in [6, 6.07) is 12.8. The van der Waals surface area contributed by atoms with Crippen molar-refractivity contribution in [3.8, 4) is 0 Å². The fourth-order valence-corrected chi connectivity index (χ4v) is 2.41. The Kier molecular flexibility index (Phi) is 3.47. The first-order valence-corrected chi connectivity index (χ1v) is 6.66. The van der Waals surface area contributed by atoms with Crippen molar-refractivity contribution in [1.29, 1.82) is 0 Å². The lowest BCUT2D eigenvalue weighted by Gasteiger charge is -2.12. The summed E-state index contributed by atoms with van der Waals surface area (Å²) < 4.78 is 14.7. The Morgan fingerprint density at radius 3 is 2.45 bits per heavy atom. The van der Waals surface area contributed by atoms with Crippen LogP contribution in [0.15, 0.2) is 59.5 Å². The van der Waals surface area contributed by atoms with Gasteiger partial charge in [-0.1, -0.05) is 24.3 Å². The molecule has 0 saturated heterocycles. The van der Waals surface area contributed by atoms with E-state index in [1.807, 2.05) is 0 Å². The zero-order valence-corrected chi connectivity index (χ0v) is 11.5. The summed E-state index contributed by atoms with van der Waals surface area (Å²) in [6.07, 6.45) is 1.33. The summed E-state index contributed by atoms with van der Waals surface area (Å²) in [5, 5.41) is 9.54. The Morgan fingerprint density at radius 2 is 1.77 bits per heavy atom. The van der Waals surface area contributed by atoms with Gasteiger partial charge in [-0.15, -0.1) is 0 Å². The second-order valence-corrected chi connectivity index (χ2v) is 4.95. The number of halogens is 1. The van der Waals surface area contributed by atoms with Crippen LogP contribution in [0.5, 0.6) is 0 Å². The quantitative estimate of drug-likeness (QED) is 0.808. The number of carbonyl (C=O) groups is 1. The van der Waals surface area contributed by atoms with Crippen LogP contribution in [0.25, 0.3) is 10.9 Å². The first kappa shape index (κ1) is 14.0. The number of hydrogen-bond acceptors (Lipinski definition) is 2. The number of aromatic carboxylic acids is 1. The minimum absolute atomic E-state index is 0.277. The summed E-state index contributed by atoms with van der Waals surface area (Å²) in [6.45, 7) is 0.349. The number of pyridine rings is 1. The Balaban J connectivity index is 2.19. The summed E-state index contributed by atoms with van der Waals surface area (Å²) in [7, 11) is 0. The van der Waals surface area contributed by atoms with Gasteiger partial charge in [0.15, 0.2) is 0 Å². The topological polar surface area (TPSA) is 59.3 Å². The zero-order valence-electron chi connectivity index (χ0n) is 11.5. The van der Waals surface area contributed by atoms with Crippen LogP contribution in [-0.2, 0) is 6.54 Å². The van der Waals surface area contributed by atoms with Crippen LogP contribution in [0.3, 0.4) is 0 Å². The third kappa shape index (κ3) is 2.48. The van der Waals surface area contributed by atoms with E-state index in [9.17, 15) is 19.1 Å². The van der Waals surface area contributed by atoms with Gasteiger partial charge in [0, 0.05) is 18.1 Å². The first-order valence-electron chi connectivity index (χ1n) is 6.66. The predicted octanol–water partition coefficient (Wildman–Crippen LogP) is 2.89. The average Bonchev–Trinajstić information content (AvgIpc) is 2.52. The highest BCUT2D eigenvalue weighted by Gasteiger charge is 2.14. The van der Waals surface area contributed by atoms with Crippen molar-refractivity contribution < 1.29 is 14.3 Å². The average molecular weight is 297 g/mol. The highest BCUT2D eigenvalue weighted by molar-refractivity contribution is 5.92. The van der Waals surface area contributed by atoms with Gasteiger partial charge in [0.05, 0.1) is 5.52 Å². The minimum atomic E-state index is -1.26. The van der Waals surface area contributed by atoms with Crippen LogP contribution in [-0.4, -0.2) is 15.6 Å². The van der Waals surface area contributed by atoms with Gasteiger partial charge in [-0.05, 0) is 29.8 Å². The fraction of sp³-hybridized carbons (Fsp3) is 0.0588. The zero-order chi connectivity index (χ0) is 15.7. The normalized spacial score (nSPS) is 10.8. The van der Waals surface area contributed by atoms with Crippen molar-refractivity contribution in [1.82, 2.24) is 4.57 Å². The summed E-state index contributed by atoms with van der Waals surface area (Å²) in [5.74, 6) is -1.59. The molecule has 1 N–H and O–H groups in total. The van der Waals surface area contributed by atoms with Gasteiger partial charge in [-0.2, -0.15) is 0 Å². The highest BCUT2D eigenvalue weighted by atomic mass is 19.1. The van der Waals surface area contributed by atoms with E-state index in [1.54, 1.807) is 41.0 Å². The Labute approximate surface area is 125 Å². The lowest BCUT2D eigenvalue weighted by Crippen LogP contribution is -2.19. The minimum Gasteiger partial charge on any atom is -0.477 e. The van der Waals surface area contributed by atoms with Gasteiger partial charge in [0.1, 0.15) is 11.4 Å². The molecule has 0 spiro atoms. The lowest BCUT2D eigenvalue weighted by molar-refractivity contribution is 0.0695. The number of carboxylic acids is 1. The van der Waals surface area contributed by atoms with Crippen molar-refractivity contribution >= 4 is 16.9 Å². The van der Waals surface area contributed by atoms with E-state index >= 15 is 0 Å². The number of aromatic nitrogens is 1. The third-order valence-corrected chi connectivity index (χ3v) is 3.48. The van der Waals surface area contributed by atoms with Crippen LogP contribution in [0.4, 0.5) is 4.39 Å². The van der Waals surface area contributed by atoms with Crippen LogP contribution >= 0.6 is 0 Å². The predicted molar refractivity (Wildman–Crippen MR) is 80.7 cm³/mol. The molecular formula is C17H12FNO3. The second-order valence-electron chi connectivity index (χ2n) is 4.95. The molecule has 3 aromatic rings. The third-order valence-electron chi connectivity index (χ3n) is 3.48. The Bertz CT molecular complexity index is 913. The van der Waals surface area contributed by atoms with Crippen molar-refractivity contribution in [2.45, 2.75) is 6.54 Å². The number of fused-ring (bicyclic) bond motifs is 1. The van der Waals surface area contributed by atoms with E-state index in [1.165, 1.54) is 18.3 Å². The molecule has 0 aliphatic rings. The summed E-state index contributed by atoms with van der Waals surface area (Å²) in [5.41, 5.74) is 0.674. The van der Waals surface area contributed by atoms with E-state index < -0.39 is 11.4 Å². The van der Waals surface area contributed by atoms with Gasteiger partial charge < -0.3 is 9.67 Å². The smallest absolute Gasteiger partial charge is 0.341 e. The van der Waals surface area contributed by atoms with Crippen molar-refractivity contribution in [2.24, 2.45) is 0 Å². The Hall–Kier alpha value is -2.95. The molecule has 4 nitrogen and oxygen atoms in total. The van der Waals surface area contributed by atoms with Crippen LogP contribution in [0.2, 0.25) is 0 Å². The molecule has 22 heavy (non-hydrogen) atoms. The molecule has 0 aliphatic heterocycles. The van der Waals surface area contributed by atoms with Crippen molar-refractivity contribution in [3.05, 3.63) is 81.9 Å². The standard InChI is InChI=1S/C17H12FNO3/c18-12-7-5-11(6-8-12)9-19-10-14(17(21)22)16(20)13-3-1-2-4-15(13)19/h1-8,10H,9H2,(H,21,22). The maximum Gasteiger partial charge on any atom is 0.341 e. The van der Waals surface area contributed by atoms with Crippen molar-refractivity contribution in [3.63, 3.8) is 0 Å². The van der Waals surface area contributed by atoms with E-state index in [0.717, 1.165) is 5.56 Å². The molecule has 1 heterocycles. The number of carboxylic acid groups (broad SMARTS) is 1. The molecule has 0 atom stereocenters. The molecule has 0 fully saturated rings. The molecule has 2 aromatic carbocycles. The maximum atomic E-state index is 13.0. The number of hydrogen-bond donors (Lipinski definition) is 1. The van der Waals surface area contributed by atoms with Crippen LogP contribution in [0, 0.1) is 5.82 Å². The number of rotatable bonds is 3. The molecule has 0 amide bonds. The van der Waals surface area contributed by atoms with Gasteiger partial charge in [-0.3, -0.25) is 4.79 Å². The lowest BCUT2D eigenvalue weighted by atomic mass is 10.1. The molecule has 0 aliphatic carbocycles. The molecule has 5 heteroatoms. The van der Waals surface area contributed by atoms with E-state index in [0.29, 0.717) is 17.4 Å². The molecule has 0 unspecified atom stereocenters. The summed E-state index contributed by atoms with van der Waals surface area (Å²) in [4.78, 5) is 23.4. The van der Waals surface area contributed by atoms with Gasteiger partial charge in [0.25, 0.3) is 0 Å². The molecule has 3 rings (SSSR count). The first-order chi connectivity index (χ1) is 10.6. The van der Waals surface area contributed by atoms with Crippen LogP contribution < -0.4 is 5.43 Å². The van der Waals surface area contributed by atoms with Gasteiger partial charge in [0.2, 0.25) is 5.43 Å². The monoisotopic (exact) mass is 297 g/mol. The number of para-hydroxylation sites is 1. The van der Waals surface area contributed by atoms with E-state index in [2.05, 4.69) is 0 Å². The SMILES string of the molecule is O=C(O)c1cn(Cc2ccc(F)cc2)c2ccccc2c1=O. The van der Waals surface area contributed by atoms with E-state index in [-0.39, 0.29) is 11.4 Å². The molecule has 0 bridgehead atoms. The molecule has 1 aromatic heterocycles. The number of benzene rings is 2. The highest BCUT2D eigenvalue weighted by Crippen LogP contribution is 2.14. The maximum absolute atomic E-state index is 13.0. The second kappa shape index (κ2) is 5.44. The number of nitrogens with zero attached hydrogens (tertiary/aromatic N) is 1. The van der Waals surface area contributed by atoms with Gasteiger partial charge in [-0.25, -0.2) is 9.18 Å². The largest absolute Gasteiger partial charge is 0.477 e. The van der Waals surface area contributed by atoms with Crippen LogP contribution in [0.1, 0.15) is 15.9 Å². The van der Waals surface area contributed by atoms with E-state index in [4.69, 9.17) is 0 Å². The molecule has 110 valence electrons. The van der Waals surface area contributed by atoms with Gasteiger partial charge >= 0.3 is 5.97 Å². The molecular weight excluding hydrogens is 285 g/mol. The fourth-order valence-electron chi connectivity index (χ4n) is 2.41. The molecule has 0 saturated carbocycles.